The zero-order valence-corrected chi connectivity index (χ0v) is 13.1. The highest BCUT2D eigenvalue weighted by atomic mass is 32.2. The third kappa shape index (κ3) is 3.54. The largest absolute Gasteiger partial charge is 0.497 e. The van der Waals surface area contributed by atoms with Gasteiger partial charge in [0.2, 0.25) is 15.9 Å². The third-order valence-corrected chi connectivity index (χ3v) is 5.47. The lowest BCUT2D eigenvalue weighted by molar-refractivity contribution is -0.128. The maximum Gasteiger partial charge on any atom is 0.243 e. The first-order valence-corrected chi connectivity index (χ1v) is 8.29. The topological polar surface area (TPSA) is 66.9 Å². The zero-order chi connectivity index (χ0) is 15.5. The predicted molar refractivity (Wildman–Crippen MR) is 78.6 cm³/mol. The number of amides is 1. The quantitative estimate of drug-likeness (QED) is 0.833. The molecule has 1 amide bonds. The lowest BCUT2D eigenvalue weighted by atomic mass is 10.3. The molecule has 7 heteroatoms. The van der Waals surface area contributed by atoms with Crippen LogP contribution in [0.3, 0.4) is 0 Å². The molecule has 0 saturated carbocycles. The molecular weight excluding hydrogens is 292 g/mol. The fourth-order valence-electron chi connectivity index (χ4n) is 2.36. The summed E-state index contributed by atoms with van der Waals surface area (Å²) in [7, 11) is -2.05. The summed E-state index contributed by atoms with van der Waals surface area (Å²) in [5.41, 5.74) is 0. The van der Waals surface area contributed by atoms with Gasteiger partial charge in [-0.25, -0.2) is 8.42 Å². The number of nitrogens with zero attached hydrogens (tertiary/aromatic N) is 2. The van der Waals surface area contributed by atoms with Crippen molar-refractivity contribution >= 4 is 15.9 Å². The van der Waals surface area contributed by atoms with Gasteiger partial charge in [0, 0.05) is 39.2 Å². The predicted octanol–water partition coefficient (Wildman–Crippen LogP) is 0.938. The molecule has 21 heavy (non-hydrogen) atoms. The minimum Gasteiger partial charge on any atom is -0.497 e. The Bertz CT molecular complexity index is 615. The average Bonchev–Trinajstić information content (AvgIpc) is 2.73. The third-order valence-electron chi connectivity index (χ3n) is 3.58. The van der Waals surface area contributed by atoms with Crippen molar-refractivity contribution in [1.29, 1.82) is 0 Å². The van der Waals surface area contributed by atoms with E-state index in [1.54, 1.807) is 23.1 Å². The molecule has 1 saturated heterocycles. The van der Waals surface area contributed by atoms with E-state index in [-0.39, 0.29) is 10.8 Å². The van der Waals surface area contributed by atoms with Gasteiger partial charge in [0.1, 0.15) is 5.75 Å². The van der Waals surface area contributed by atoms with Gasteiger partial charge in [0.25, 0.3) is 0 Å². The number of ether oxygens (including phenoxy) is 1. The molecule has 1 heterocycles. The van der Waals surface area contributed by atoms with E-state index in [2.05, 4.69) is 0 Å². The monoisotopic (exact) mass is 312 g/mol. The van der Waals surface area contributed by atoms with E-state index < -0.39 is 10.0 Å². The van der Waals surface area contributed by atoms with E-state index >= 15 is 0 Å². The van der Waals surface area contributed by atoms with Crippen LogP contribution in [0.1, 0.15) is 13.3 Å². The molecule has 0 unspecified atom stereocenters. The Morgan fingerprint density at radius 3 is 2.62 bits per heavy atom. The Hall–Kier alpha value is -1.60. The summed E-state index contributed by atoms with van der Waals surface area (Å²) in [6.45, 7) is 3.27. The van der Waals surface area contributed by atoms with E-state index in [9.17, 15) is 13.2 Å². The maximum atomic E-state index is 12.7. The molecule has 0 spiro atoms. The van der Waals surface area contributed by atoms with Gasteiger partial charge >= 0.3 is 0 Å². The second-order valence-corrected chi connectivity index (χ2v) is 6.88. The first-order valence-electron chi connectivity index (χ1n) is 6.85. The van der Waals surface area contributed by atoms with Crippen molar-refractivity contribution in [2.45, 2.75) is 18.2 Å². The maximum absolute atomic E-state index is 12.7. The Balaban J connectivity index is 2.21. The van der Waals surface area contributed by atoms with Crippen molar-refractivity contribution in [3.05, 3.63) is 24.3 Å². The average molecular weight is 312 g/mol. The second-order valence-electron chi connectivity index (χ2n) is 4.94. The fraction of sp³-hybridized carbons (Fsp3) is 0.500. The summed E-state index contributed by atoms with van der Waals surface area (Å²) in [6, 6.07) is 6.44. The van der Waals surface area contributed by atoms with Gasteiger partial charge in [-0.1, -0.05) is 6.07 Å². The number of hydrogen-bond acceptors (Lipinski definition) is 4. The number of hydrogen-bond donors (Lipinski definition) is 0. The molecule has 1 fully saturated rings. The normalized spacial score (nSPS) is 17.3. The Morgan fingerprint density at radius 2 is 1.95 bits per heavy atom. The van der Waals surface area contributed by atoms with Crippen LogP contribution in [0, 0.1) is 0 Å². The van der Waals surface area contributed by atoms with Gasteiger partial charge in [-0.3, -0.25) is 4.79 Å². The number of carbonyl (C=O) groups excluding carboxylic acids is 1. The highest BCUT2D eigenvalue weighted by molar-refractivity contribution is 7.89. The van der Waals surface area contributed by atoms with Gasteiger partial charge in [0.05, 0.1) is 12.0 Å². The summed E-state index contributed by atoms with van der Waals surface area (Å²) in [4.78, 5) is 13.3. The van der Waals surface area contributed by atoms with Crippen molar-refractivity contribution in [1.82, 2.24) is 9.21 Å². The molecule has 1 aliphatic rings. The molecule has 0 radical (unpaired) electrons. The number of methoxy groups -OCH3 is 1. The number of benzene rings is 1. The summed E-state index contributed by atoms with van der Waals surface area (Å²) in [5, 5.41) is 0. The lowest BCUT2D eigenvalue weighted by Crippen LogP contribution is -2.36. The van der Waals surface area contributed by atoms with Gasteiger partial charge in [-0.05, 0) is 18.6 Å². The highest BCUT2D eigenvalue weighted by Gasteiger charge is 2.27. The smallest absolute Gasteiger partial charge is 0.243 e. The molecule has 0 aliphatic carbocycles. The van der Waals surface area contributed by atoms with Gasteiger partial charge in [0.15, 0.2) is 0 Å². The minimum absolute atomic E-state index is 0.0179. The summed E-state index contributed by atoms with van der Waals surface area (Å²) in [5.74, 6) is 0.492. The van der Waals surface area contributed by atoms with Gasteiger partial charge in [-0.15, -0.1) is 0 Å². The van der Waals surface area contributed by atoms with Crippen molar-refractivity contribution in [3.8, 4) is 5.75 Å². The lowest BCUT2D eigenvalue weighted by Gasteiger charge is -2.21. The van der Waals surface area contributed by atoms with E-state index in [1.165, 1.54) is 24.4 Å². The molecule has 0 N–H and O–H groups in total. The molecule has 1 aromatic carbocycles. The van der Waals surface area contributed by atoms with Crippen LogP contribution >= 0.6 is 0 Å². The van der Waals surface area contributed by atoms with Crippen LogP contribution in [0.5, 0.6) is 5.75 Å². The first-order chi connectivity index (χ1) is 9.95. The molecule has 2 rings (SSSR count). The molecule has 1 aliphatic heterocycles. The Labute approximate surface area is 125 Å². The molecule has 116 valence electrons. The van der Waals surface area contributed by atoms with E-state index in [1.807, 2.05) is 0 Å². The molecule has 0 bridgehead atoms. The second kappa shape index (κ2) is 6.44. The van der Waals surface area contributed by atoms with Crippen molar-refractivity contribution < 1.29 is 17.9 Å². The van der Waals surface area contributed by atoms with Crippen LogP contribution in [0.15, 0.2) is 29.2 Å². The number of sulfonamides is 1. The Morgan fingerprint density at radius 1 is 1.19 bits per heavy atom. The standard InChI is InChI=1S/C14H20N2O4S/c1-12(17)15-7-4-8-16(10-9-15)21(18,19)14-6-3-5-13(11-14)20-2/h3,5-6,11H,4,7-10H2,1-2H3. The Kier molecular flexibility index (Phi) is 4.84. The van der Waals surface area contributed by atoms with Crippen LogP contribution < -0.4 is 4.74 Å². The number of carbonyl (C=O) groups is 1. The number of rotatable bonds is 3. The van der Waals surface area contributed by atoms with Crippen LogP contribution in [0.25, 0.3) is 0 Å². The van der Waals surface area contributed by atoms with Crippen molar-refractivity contribution in [2.75, 3.05) is 33.3 Å². The molecule has 6 nitrogen and oxygen atoms in total. The van der Waals surface area contributed by atoms with Crippen LogP contribution in [0.4, 0.5) is 0 Å². The first kappa shape index (κ1) is 15.8. The summed E-state index contributed by atoms with van der Waals surface area (Å²) < 4.78 is 31.8. The van der Waals surface area contributed by atoms with Gasteiger partial charge in [-0.2, -0.15) is 4.31 Å². The summed E-state index contributed by atoms with van der Waals surface area (Å²) >= 11 is 0. The van der Waals surface area contributed by atoms with Crippen molar-refractivity contribution in [2.24, 2.45) is 0 Å². The van der Waals surface area contributed by atoms with Crippen molar-refractivity contribution in [3.63, 3.8) is 0 Å². The van der Waals surface area contributed by atoms with Crippen LogP contribution in [-0.2, 0) is 14.8 Å². The molecule has 0 atom stereocenters. The van der Waals surface area contributed by atoms with E-state index in [4.69, 9.17) is 4.74 Å². The van der Waals surface area contributed by atoms with E-state index in [0.29, 0.717) is 38.3 Å². The molecule has 1 aromatic rings. The fourth-order valence-corrected chi connectivity index (χ4v) is 3.86. The molecule has 0 aromatic heterocycles. The van der Waals surface area contributed by atoms with Gasteiger partial charge < -0.3 is 9.64 Å². The van der Waals surface area contributed by atoms with E-state index in [0.717, 1.165) is 0 Å². The van der Waals surface area contributed by atoms with Crippen LogP contribution in [0.2, 0.25) is 0 Å². The highest BCUT2D eigenvalue weighted by Crippen LogP contribution is 2.21. The zero-order valence-electron chi connectivity index (χ0n) is 12.3. The summed E-state index contributed by atoms with van der Waals surface area (Å²) in [6.07, 6.45) is 0.642. The van der Waals surface area contributed by atoms with Crippen LogP contribution in [-0.4, -0.2) is 56.8 Å². The molecular formula is C14H20N2O4S. The minimum atomic E-state index is -3.55. The SMILES string of the molecule is COc1cccc(S(=O)(=O)N2CCCN(C(C)=O)CC2)c1.